The zero-order valence-electron chi connectivity index (χ0n) is 13.6. The van der Waals surface area contributed by atoms with E-state index in [1.807, 2.05) is 20.8 Å². The fourth-order valence-corrected chi connectivity index (χ4v) is 2.42. The van der Waals surface area contributed by atoms with Gasteiger partial charge in [-0.2, -0.15) is 0 Å². The van der Waals surface area contributed by atoms with Crippen LogP contribution in [0, 0.1) is 17.3 Å². The van der Waals surface area contributed by atoms with Crippen LogP contribution in [0.25, 0.3) is 0 Å². The van der Waals surface area contributed by atoms with Crippen molar-refractivity contribution in [2.45, 2.75) is 79.5 Å². The van der Waals surface area contributed by atoms with Gasteiger partial charge in [-0.25, -0.2) is 4.39 Å². The maximum atomic E-state index is 15.6. The highest BCUT2D eigenvalue weighted by molar-refractivity contribution is 4.98. The number of hydrogen-bond acceptors (Lipinski definition) is 1. The summed E-state index contributed by atoms with van der Waals surface area (Å²) >= 11 is 0. The highest BCUT2D eigenvalue weighted by Gasteiger charge is 2.49. The Kier molecular flexibility index (Phi) is 6.84. The van der Waals surface area contributed by atoms with Crippen molar-refractivity contribution in [1.82, 2.24) is 0 Å². The minimum atomic E-state index is -1.26. The summed E-state index contributed by atoms with van der Waals surface area (Å²) in [5.41, 5.74) is -1.66. The van der Waals surface area contributed by atoms with Gasteiger partial charge in [0.2, 0.25) is 0 Å². The Bertz CT molecular complexity index is 232. The van der Waals surface area contributed by atoms with E-state index in [0.29, 0.717) is 18.3 Å². The van der Waals surface area contributed by atoms with Gasteiger partial charge < -0.3 is 4.74 Å². The van der Waals surface area contributed by atoms with E-state index in [2.05, 4.69) is 27.7 Å². The van der Waals surface area contributed by atoms with Gasteiger partial charge in [-0.3, -0.25) is 0 Å². The molecule has 0 rings (SSSR count). The fraction of sp³-hybridized carbons (Fsp3) is 1.00. The van der Waals surface area contributed by atoms with Crippen molar-refractivity contribution < 1.29 is 9.13 Å². The molecule has 0 aliphatic heterocycles. The minimum absolute atomic E-state index is 0.302. The van der Waals surface area contributed by atoms with Crippen molar-refractivity contribution in [2.24, 2.45) is 17.3 Å². The molecule has 0 saturated carbocycles. The van der Waals surface area contributed by atoms with Gasteiger partial charge in [0.15, 0.2) is 0 Å². The fourth-order valence-electron chi connectivity index (χ4n) is 2.42. The van der Waals surface area contributed by atoms with Crippen LogP contribution in [0.2, 0.25) is 0 Å². The van der Waals surface area contributed by atoms with Crippen LogP contribution in [0.3, 0.4) is 0 Å². The first-order valence-electron chi connectivity index (χ1n) is 7.31. The van der Waals surface area contributed by atoms with Crippen molar-refractivity contribution in [3.63, 3.8) is 0 Å². The highest BCUT2D eigenvalue weighted by atomic mass is 19.1. The predicted octanol–water partition coefficient (Wildman–Crippen LogP) is 5.24. The van der Waals surface area contributed by atoms with Gasteiger partial charge in [-0.1, -0.05) is 54.9 Å². The molecule has 0 radical (unpaired) electrons. The molecule has 0 saturated heterocycles. The molecule has 0 aliphatic rings. The molecule has 0 heterocycles. The van der Waals surface area contributed by atoms with E-state index in [1.54, 1.807) is 7.11 Å². The molecule has 0 spiro atoms. The largest absolute Gasteiger partial charge is 0.378 e. The maximum Gasteiger partial charge on any atom is 0.142 e. The van der Waals surface area contributed by atoms with Crippen LogP contribution in [0.15, 0.2) is 0 Å². The Balaban J connectivity index is 5.17. The predicted molar refractivity (Wildman–Crippen MR) is 77.6 cm³/mol. The van der Waals surface area contributed by atoms with Gasteiger partial charge in [0.25, 0.3) is 0 Å². The average molecular weight is 260 g/mol. The SMILES string of the molecule is CCCC(OC)[C@](F)(CC(C)C(C)C)C(C)(C)C. The third-order valence-corrected chi connectivity index (χ3v) is 4.35. The molecular weight excluding hydrogens is 227 g/mol. The van der Waals surface area contributed by atoms with E-state index in [1.165, 1.54) is 0 Å². The van der Waals surface area contributed by atoms with Crippen molar-refractivity contribution in [2.75, 3.05) is 7.11 Å². The zero-order valence-corrected chi connectivity index (χ0v) is 13.6. The first kappa shape index (κ1) is 17.9. The number of alkyl halides is 1. The third kappa shape index (κ3) is 4.22. The lowest BCUT2D eigenvalue weighted by molar-refractivity contribution is -0.116. The summed E-state index contributed by atoms with van der Waals surface area (Å²) in [5, 5.41) is 0. The van der Waals surface area contributed by atoms with Crippen LogP contribution in [0.1, 0.15) is 67.7 Å². The first-order chi connectivity index (χ1) is 8.10. The number of halogens is 1. The summed E-state index contributed by atoms with van der Waals surface area (Å²) in [5.74, 6) is 0.866. The number of methoxy groups -OCH3 is 1. The normalized spacial score (nSPS) is 19.7. The molecule has 0 aliphatic carbocycles. The summed E-state index contributed by atoms with van der Waals surface area (Å²) in [6, 6.07) is 0. The van der Waals surface area contributed by atoms with Crippen LogP contribution >= 0.6 is 0 Å². The average Bonchev–Trinajstić information content (AvgIpc) is 2.23. The van der Waals surface area contributed by atoms with Gasteiger partial charge in [0, 0.05) is 7.11 Å². The molecule has 0 aromatic carbocycles. The molecular formula is C16H33FO. The lowest BCUT2D eigenvalue weighted by atomic mass is 9.68. The molecule has 0 aromatic rings. The van der Waals surface area contributed by atoms with Crippen LogP contribution in [0.4, 0.5) is 4.39 Å². The molecule has 0 N–H and O–H groups in total. The summed E-state index contributed by atoms with van der Waals surface area (Å²) in [6.45, 7) is 14.5. The molecule has 0 fully saturated rings. The molecule has 110 valence electrons. The molecule has 0 aromatic heterocycles. The van der Waals surface area contributed by atoms with E-state index in [-0.39, 0.29) is 6.10 Å². The second kappa shape index (κ2) is 6.88. The maximum absolute atomic E-state index is 15.6. The van der Waals surface area contributed by atoms with Crippen molar-refractivity contribution in [3.8, 4) is 0 Å². The smallest absolute Gasteiger partial charge is 0.142 e. The molecule has 18 heavy (non-hydrogen) atoms. The molecule has 2 heteroatoms. The lowest BCUT2D eigenvalue weighted by Crippen LogP contribution is -2.51. The lowest BCUT2D eigenvalue weighted by Gasteiger charge is -2.45. The van der Waals surface area contributed by atoms with E-state index in [4.69, 9.17) is 4.74 Å². The summed E-state index contributed by atoms with van der Waals surface area (Å²) in [4.78, 5) is 0. The van der Waals surface area contributed by atoms with Crippen LogP contribution in [-0.2, 0) is 4.74 Å². The molecule has 0 amide bonds. The zero-order chi connectivity index (χ0) is 14.6. The number of hydrogen-bond donors (Lipinski definition) is 0. The van der Waals surface area contributed by atoms with Crippen LogP contribution < -0.4 is 0 Å². The van der Waals surface area contributed by atoms with E-state index >= 15 is 4.39 Å². The van der Waals surface area contributed by atoms with Gasteiger partial charge in [-0.15, -0.1) is 0 Å². The molecule has 3 atom stereocenters. The van der Waals surface area contributed by atoms with E-state index in [0.717, 1.165) is 12.8 Å². The quantitative estimate of drug-likeness (QED) is 0.608. The Morgan fingerprint density at radius 2 is 1.61 bits per heavy atom. The van der Waals surface area contributed by atoms with Gasteiger partial charge in [0.1, 0.15) is 5.67 Å². The second-order valence-electron chi connectivity index (χ2n) is 7.05. The second-order valence-corrected chi connectivity index (χ2v) is 7.05. The van der Waals surface area contributed by atoms with Crippen molar-refractivity contribution in [1.29, 1.82) is 0 Å². The van der Waals surface area contributed by atoms with Crippen molar-refractivity contribution in [3.05, 3.63) is 0 Å². The van der Waals surface area contributed by atoms with Gasteiger partial charge >= 0.3 is 0 Å². The number of ether oxygens (including phenoxy) is 1. The highest BCUT2D eigenvalue weighted by Crippen LogP contribution is 2.45. The van der Waals surface area contributed by atoms with Crippen molar-refractivity contribution >= 4 is 0 Å². The topological polar surface area (TPSA) is 9.23 Å². The standard InChI is InChI=1S/C16H33FO/c1-9-10-14(18-8)16(17,15(5,6)7)11-13(4)12(2)3/h12-14H,9-11H2,1-8H3/t13?,14?,16-/m1/s1. The minimum Gasteiger partial charge on any atom is -0.378 e. The van der Waals surface area contributed by atoms with Crippen LogP contribution in [0.5, 0.6) is 0 Å². The Morgan fingerprint density at radius 1 is 1.11 bits per heavy atom. The summed E-state index contributed by atoms with van der Waals surface area (Å²) in [6.07, 6.45) is 2.02. The van der Waals surface area contributed by atoms with Gasteiger partial charge in [-0.05, 0) is 30.1 Å². The summed E-state index contributed by atoms with van der Waals surface area (Å²) in [7, 11) is 1.64. The Morgan fingerprint density at radius 3 is 1.89 bits per heavy atom. The third-order valence-electron chi connectivity index (χ3n) is 4.35. The molecule has 1 nitrogen and oxygen atoms in total. The first-order valence-corrected chi connectivity index (χ1v) is 7.31. The Labute approximate surface area is 113 Å². The number of rotatable bonds is 7. The van der Waals surface area contributed by atoms with Gasteiger partial charge in [0.05, 0.1) is 6.10 Å². The van der Waals surface area contributed by atoms with E-state index in [9.17, 15) is 0 Å². The molecule has 2 unspecified atom stereocenters. The monoisotopic (exact) mass is 260 g/mol. The van der Waals surface area contributed by atoms with E-state index < -0.39 is 11.1 Å². The molecule has 0 bridgehead atoms. The summed E-state index contributed by atoms with van der Waals surface area (Å²) < 4.78 is 21.1. The van der Waals surface area contributed by atoms with Crippen LogP contribution in [-0.4, -0.2) is 18.9 Å². The Hall–Kier alpha value is -0.110.